The van der Waals surface area contributed by atoms with E-state index >= 15 is 0 Å². The lowest BCUT2D eigenvalue weighted by Gasteiger charge is -2.15. The van der Waals surface area contributed by atoms with Crippen LogP contribution < -0.4 is 25.1 Å². The number of ether oxygens (including phenoxy) is 3. The Kier molecular flexibility index (Phi) is 6.03. The monoisotopic (exact) mass is 372 g/mol. The minimum atomic E-state index is -0.611. The Labute approximate surface area is 156 Å². The van der Waals surface area contributed by atoms with E-state index in [1.54, 1.807) is 26.0 Å². The summed E-state index contributed by atoms with van der Waals surface area (Å²) in [6.07, 6.45) is 0. The molecule has 0 aliphatic carbocycles. The van der Waals surface area contributed by atoms with Gasteiger partial charge in [-0.3, -0.25) is 9.59 Å². The van der Waals surface area contributed by atoms with E-state index in [-0.39, 0.29) is 12.1 Å². The van der Waals surface area contributed by atoms with Crippen LogP contribution in [0, 0.1) is 25.2 Å². The molecule has 0 aliphatic heterocycles. The molecule has 1 aromatic heterocycles. The second kappa shape index (κ2) is 8.23. The first-order valence-corrected chi connectivity index (χ1v) is 7.94. The number of carbonyl (C=O) groups is 1. The summed E-state index contributed by atoms with van der Waals surface area (Å²) in [5.41, 5.74) is 0.770. The number of anilines is 1. The Morgan fingerprint density at radius 1 is 1.19 bits per heavy atom. The maximum atomic E-state index is 12.4. The van der Waals surface area contributed by atoms with Gasteiger partial charge >= 0.3 is 0 Å². The molecule has 2 aromatic rings. The van der Waals surface area contributed by atoms with Crippen molar-refractivity contribution in [3.05, 3.63) is 39.3 Å². The van der Waals surface area contributed by atoms with Gasteiger partial charge in [-0.25, -0.2) is 4.68 Å². The van der Waals surface area contributed by atoms with Gasteiger partial charge in [0.1, 0.15) is 18.2 Å². The molecule has 0 aliphatic rings. The van der Waals surface area contributed by atoms with Crippen LogP contribution >= 0.6 is 0 Å². The van der Waals surface area contributed by atoms with Crippen LogP contribution in [0.2, 0.25) is 0 Å². The summed E-state index contributed by atoms with van der Waals surface area (Å²) in [7, 11) is 4.40. The molecule has 0 fully saturated rings. The molecule has 0 radical (unpaired) electrons. The fourth-order valence-corrected chi connectivity index (χ4v) is 2.50. The van der Waals surface area contributed by atoms with Gasteiger partial charge in [0, 0.05) is 17.8 Å². The smallest absolute Gasteiger partial charge is 0.285 e. The minimum Gasteiger partial charge on any atom is -0.493 e. The van der Waals surface area contributed by atoms with Gasteiger partial charge in [-0.2, -0.15) is 10.4 Å². The molecule has 0 spiro atoms. The molecular weight excluding hydrogens is 352 g/mol. The SMILES string of the molecule is COc1cc(NC(=O)Cn2nc(C)c(C)c(C#N)c2=O)cc(OC)c1OC. The summed E-state index contributed by atoms with van der Waals surface area (Å²) in [5.74, 6) is 0.649. The zero-order valence-electron chi connectivity index (χ0n) is 15.7. The van der Waals surface area contributed by atoms with Gasteiger partial charge in [0.2, 0.25) is 11.7 Å². The van der Waals surface area contributed by atoms with Crippen molar-refractivity contribution in [1.82, 2.24) is 9.78 Å². The number of carbonyl (C=O) groups excluding carboxylic acids is 1. The number of rotatable bonds is 6. The first kappa shape index (κ1) is 19.8. The van der Waals surface area contributed by atoms with E-state index in [0.717, 1.165) is 4.68 Å². The third-order valence-electron chi connectivity index (χ3n) is 3.99. The first-order valence-electron chi connectivity index (χ1n) is 7.94. The summed E-state index contributed by atoms with van der Waals surface area (Å²) in [5, 5.41) is 15.9. The van der Waals surface area contributed by atoms with Crippen molar-refractivity contribution in [2.75, 3.05) is 26.6 Å². The minimum absolute atomic E-state index is 0.0249. The third-order valence-corrected chi connectivity index (χ3v) is 3.99. The van der Waals surface area contributed by atoms with Crippen molar-refractivity contribution in [3.8, 4) is 23.3 Å². The van der Waals surface area contributed by atoms with Crippen LogP contribution in [0.15, 0.2) is 16.9 Å². The number of hydrogen-bond donors (Lipinski definition) is 1. The maximum absolute atomic E-state index is 12.4. The summed E-state index contributed by atoms with van der Waals surface area (Å²) in [4.78, 5) is 24.7. The van der Waals surface area contributed by atoms with Crippen LogP contribution in [0.4, 0.5) is 5.69 Å². The van der Waals surface area contributed by atoms with Crippen LogP contribution in [0.1, 0.15) is 16.8 Å². The Balaban J connectivity index is 2.31. The van der Waals surface area contributed by atoms with Gasteiger partial charge in [0.15, 0.2) is 11.5 Å². The van der Waals surface area contributed by atoms with E-state index in [1.165, 1.54) is 21.3 Å². The second-order valence-electron chi connectivity index (χ2n) is 5.62. The lowest BCUT2D eigenvalue weighted by molar-refractivity contribution is -0.117. The molecule has 27 heavy (non-hydrogen) atoms. The number of nitriles is 1. The van der Waals surface area contributed by atoms with Crippen molar-refractivity contribution in [3.63, 3.8) is 0 Å². The summed E-state index contributed by atoms with van der Waals surface area (Å²) in [6, 6.07) is 4.99. The zero-order chi connectivity index (χ0) is 20.1. The van der Waals surface area contributed by atoms with E-state index < -0.39 is 11.5 Å². The zero-order valence-corrected chi connectivity index (χ0v) is 15.7. The standard InChI is InChI=1S/C18H20N4O5/c1-10-11(2)21-22(18(24)13(10)8-19)9-16(23)20-12-6-14(25-3)17(27-5)15(7-12)26-4/h6-7H,9H2,1-5H3,(H,20,23). The molecule has 1 amide bonds. The van der Waals surface area contributed by atoms with Gasteiger partial charge in [0.25, 0.3) is 5.56 Å². The molecule has 0 bridgehead atoms. The molecule has 0 unspecified atom stereocenters. The average molecular weight is 372 g/mol. The molecular formula is C18H20N4O5. The van der Waals surface area contributed by atoms with Crippen LogP contribution in [0.3, 0.4) is 0 Å². The lowest BCUT2D eigenvalue weighted by Crippen LogP contribution is -2.32. The fourth-order valence-electron chi connectivity index (χ4n) is 2.50. The predicted molar refractivity (Wildman–Crippen MR) is 97.4 cm³/mol. The Morgan fingerprint density at radius 2 is 1.78 bits per heavy atom. The molecule has 142 valence electrons. The van der Waals surface area contributed by atoms with E-state index in [0.29, 0.717) is 34.2 Å². The van der Waals surface area contributed by atoms with E-state index in [9.17, 15) is 9.59 Å². The maximum Gasteiger partial charge on any atom is 0.285 e. The Morgan fingerprint density at radius 3 is 2.26 bits per heavy atom. The number of amides is 1. The van der Waals surface area contributed by atoms with Crippen LogP contribution in [-0.4, -0.2) is 37.0 Å². The normalized spacial score (nSPS) is 10.1. The highest BCUT2D eigenvalue weighted by Crippen LogP contribution is 2.39. The van der Waals surface area contributed by atoms with E-state index in [4.69, 9.17) is 19.5 Å². The fraction of sp³-hybridized carbons (Fsp3) is 0.333. The molecule has 1 aromatic carbocycles. The number of nitrogens with zero attached hydrogens (tertiary/aromatic N) is 3. The molecule has 9 nitrogen and oxygen atoms in total. The van der Waals surface area contributed by atoms with Crippen molar-refractivity contribution >= 4 is 11.6 Å². The molecule has 1 N–H and O–H groups in total. The highest BCUT2D eigenvalue weighted by Gasteiger charge is 2.17. The van der Waals surface area contributed by atoms with Crippen LogP contribution in [0.5, 0.6) is 17.2 Å². The van der Waals surface area contributed by atoms with E-state index in [2.05, 4.69) is 10.4 Å². The van der Waals surface area contributed by atoms with Crippen molar-refractivity contribution in [2.45, 2.75) is 20.4 Å². The van der Waals surface area contributed by atoms with Gasteiger partial charge in [0.05, 0.1) is 27.0 Å². The quantitative estimate of drug-likeness (QED) is 0.815. The Bertz CT molecular complexity index is 950. The molecule has 9 heteroatoms. The average Bonchev–Trinajstić information content (AvgIpc) is 2.65. The molecule has 0 saturated heterocycles. The molecule has 2 rings (SSSR count). The van der Waals surface area contributed by atoms with Crippen molar-refractivity contribution < 1.29 is 19.0 Å². The molecule has 1 heterocycles. The van der Waals surface area contributed by atoms with Gasteiger partial charge < -0.3 is 19.5 Å². The second-order valence-corrected chi connectivity index (χ2v) is 5.62. The number of aromatic nitrogens is 2. The molecule has 0 atom stereocenters. The van der Waals surface area contributed by atoms with Crippen molar-refractivity contribution in [2.24, 2.45) is 0 Å². The number of hydrogen-bond acceptors (Lipinski definition) is 7. The Hall–Kier alpha value is -3.54. The topological polar surface area (TPSA) is 115 Å². The summed E-state index contributed by atoms with van der Waals surface area (Å²) in [6.45, 7) is 2.97. The van der Waals surface area contributed by atoms with Gasteiger partial charge in [-0.05, 0) is 19.4 Å². The highest BCUT2D eigenvalue weighted by atomic mass is 16.5. The summed E-state index contributed by atoms with van der Waals surface area (Å²) >= 11 is 0. The van der Waals surface area contributed by atoms with E-state index in [1.807, 2.05) is 6.07 Å². The van der Waals surface area contributed by atoms with Gasteiger partial charge in [-0.1, -0.05) is 0 Å². The van der Waals surface area contributed by atoms with Crippen LogP contribution in [-0.2, 0) is 11.3 Å². The first-order chi connectivity index (χ1) is 12.9. The van der Waals surface area contributed by atoms with Crippen LogP contribution in [0.25, 0.3) is 0 Å². The lowest BCUT2D eigenvalue weighted by atomic mass is 10.1. The number of methoxy groups -OCH3 is 3. The summed E-state index contributed by atoms with van der Waals surface area (Å²) < 4.78 is 16.7. The number of nitrogens with one attached hydrogen (secondary N) is 1. The number of benzene rings is 1. The predicted octanol–water partition coefficient (Wildman–Crippen LogP) is 1.40. The highest BCUT2D eigenvalue weighted by molar-refractivity contribution is 5.91. The number of aryl methyl sites for hydroxylation is 1. The van der Waals surface area contributed by atoms with Gasteiger partial charge in [-0.15, -0.1) is 0 Å². The largest absolute Gasteiger partial charge is 0.493 e. The van der Waals surface area contributed by atoms with Crippen molar-refractivity contribution in [1.29, 1.82) is 5.26 Å². The third kappa shape index (κ3) is 4.00. The molecule has 0 saturated carbocycles.